The average molecular weight is 702 g/mol. The van der Waals surface area contributed by atoms with Crippen LogP contribution in [0.15, 0.2) is 113 Å². The highest BCUT2D eigenvalue weighted by molar-refractivity contribution is 7.22. The van der Waals surface area contributed by atoms with E-state index in [-0.39, 0.29) is 24.0 Å². The molecule has 4 aromatic carbocycles. The Morgan fingerprint density at radius 3 is 2.08 bits per heavy atom. The summed E-state index contributed by atoms with van der Waals surface area (Å²) in [4.78, 5) is 43.9. The van der Waals surface area contributed by atoms with Gasteiger partial charge in [0.25, 0.3) is 5.56 Å². The van der Waals surface area contributed by atoms with Gasteiger partial charge in [-0.25, -0.2) is 22.9 Å². The van der Waals surface area contributed by atoms with Gasteiger partial charge in [0.2, 0.25) is 0 Å². The number of hydrogen-bond donors (Lipinski definition) is 2. The first-order valence-corrected chi connectivity index (χ1v) is 16.2. The van der Waals surface area contributed by atoms with Gasteiger partial charge >= 0.3 is 11.7 Å². The fourth-order valence-corrected chi connectivity index (χ4v) is 7.00. The van der Waals surface area contributed by atoms with Crippen molar-refractivity contribution in [3.05, 3.63) is 152 Å². The summed E-state index contributed by atoms with van der Waals surface area (Å²) in [5, 5.41) is 5.77. The molecule has 0 saturated heterocycles. The maximum atomic E-state index is 15.0. The van der Waals surface area contributed by atoms with E-state index >= 15 is 8.78 Å². The molecule has 0 fully saturated rings. The van der Waals surface area contributed by atoms with E-state index in [2.05, 4.69) is 15.5 Å². The summed E-state index contributed by atoms with van der Waals surface area (Å²) in [5.74, 6) is -1.58. The number of carbonyl (C=O) groups excluding carboxylic acids is 1. The Morgan fingerprint density at radius 2 is 1.45 bits per heavy atom. The first kappa shape index (κ1) is 35.2. The zero-order valence-corrected chi connectivity index (χ0v) is 28.4. The highest BCUT2D eigenvalue weighted by Gasteiger charge is 2.25. The molecule has 0 aliphatic carbocycles. The molecular formula is C37H34ClF2N5O3S. The van der Waals surface area contributed by atoms with E-state index in [9.17, 15) is 14.4 Å². The lowest BCUT2D eigenvalue weighted by atomic mass is 10.1. The van der Waals surface area contributed by atoms with Crippen molar-refractivity contribution < 1.29 is 13.6 Å². The van der Waals surface area contributed by atoms with Crippen LogP contribution in [0.2, 0.25) is 0 Å². The molecule has 12 heteroatoms. The Morgan fingerprint density at radius 1 is 0.816 bits per heavy atom. The van der Waals surface area contributed by atoms with Crippen molar-refractivity contribution in [2.75, 3.05) is 18.9 Å². The number of hydrogen-bond acceptors (Lipinski definition) is 5. The van der Waals surface area contributed by atoms with E-state index < -0.39 is 29.4 Å². The Bertz CT molecular complexity index is 2180. The third-order valence-corrected chi connectivity index (χ3v) is 9.23. The van der Waals surface area contributed by atoms with Crippen LogP contribution in [0.5, 0.6) is 0 Å². The first-order chi connectivity index (χ1) is 23.2. The fraction of sp³-hybridized carbons (Fsp3) is 0.162. The second kappa shape index (κ2) is 15.4. The Kier molecular flexibility index (Phi) is 11.1. The van der Waals surface area contributed by atoms with Gasteiger partial charge in [-0.05, 0) is 67.1 Å². The third-order valence-electron chi connectivity index (χ3n) is 7.93. The summed E-state index contributed by atoms with van der Waals surface area (Å²) < 4.78 is 32.4. The number of aromatic nitrogens is 2. The van der Waals surface area contributed by atoms with E-state index in [1.807, 2.05) is 56.4 Å². The smallest absolute Gasteiger partial charge is 0.337 e. The lowest BCUT2D eigenvalue weighted by Crippen LogP contribution is -2.39. The van der Waals surface area contributed by atoms with Crippen LogP contribution in [0.1, 0.15) is 23.6 Å². The van der Waals surface area contributed by atoms with Gasteiger partial charge in [-0.3, -0.25) is 14.3 Å². The minimum absolute atomic E-state index is 0. The SMILES string of the molecule is CCNC(=O)Nc1ccc(-c2sc3c(c2CN(C)Cc2ccccc2)c(=O)n(-c2ccccc2)c(=O)n3Cc2c(F)cccc2F)cc1.Cl. The molecule has 0 aliphatic heterocycles. The number of nitrogens with one attached hydrogen (secondary N) is 2. The largest absolute Gasteiger partial charge is 0.338 e. The molecule has 8 nitrogen and oxygen atoms in total. The van der Waals surface area contributed by atoms with Gasteiger partial charge in [-0.2, -0.15) is 0 Å². The number of amides is 2. The Balaban J connectivity index is 0.00000468. The molecule has 6 aromatic rings. The molecule has 252 valence electrons. The number of anilines is 1. The zero-order chi connectivity index (χ0) is 33.8. The van der Waals surface area contributed by atoms with Gasteiger partial charge in [-0.1, -0.05) is 66.7 Å². The van der Waals surface area contributed by atoms with E-state index in [1.54, 1.807) is 42.5 Å². The van der Waals surface area contributed by atoms with Gasteiger partial charge in [0.1, 0.15) is 16.5 Å². The standard InChI is InChI=1S/C37H33F2N5O3S.ClH/c1-3-40-36(46)41-26-19-17-25(18-20-26)33-29(22-42(2)21-24-11-6-4-7-12-24)32-34(45)44(27-13-8-5-9-14-27)37(47)43(35(32)48-33)23-28-30(38)15-10-16-31(28)39;/h4-20H,3,21-23H2,1-2H3,(H2,40,41,46);1H. The summed E-state index contributed by atoms with van der Waals surface area (Å²) in [6, 6.07) is 28.8. The second-order valence-corrected chi connectivity index (χ2v) is 12.4. The van der Waals surface area contributed by atoms with Crippen LogP contribution in [0, 0.1) is 11.6 Å². The minimum atomic E-state index is -0.790. The molecule has 0 bridgehead atoms. The zero-order valence-electron chi connectivity index (χ0n) is 26.8. The molecule has 0 saturated carbocycles. The van der Waals surface area contributed by atoms with Crippen molar-refractivity contribution >= 4 is 45.7 Å². The monoisotopic (exact) mass is 701 g/mol. The van der Waals surface area contributed by atoms with Crippen molar-refractivity contribution in [1.29, 1.82) is 0 Å². The first-order valence-electron chi connectivity index (χ1n) is 15.4. The number of fused-ring (bicyclic) bond motifs is 1. The molecule has 0 radical (unpaired) electrons. The number of carbonyl (C=O) groups is 1. The lowest BCUT2D eigenvalue weighted by Gasteiger charge is -2.18. The highest BCUT2D eigenvalue weighted by atomic mass is 35.5. The molecule has 49 heavy (non-hydrogen) atoms. The predicted molar refractivity (Wildman–Crippen MR) is 194 cm³/mol. The van der Waals surface area contributed by atoms with Crippen molar-refractivity contribution in [2.24, 2.45) is 0 Å². The van der Waals surface area contributed by atoms with Crippen molar-refractivity contribution in [1.82, 2.24) is 19.4 Å². The summed E-state index contributed by atoms with van der Waals surface area (Å²) in [6.45, 7) is 2.80. The Labute approximate surface area is 291 Å². The number of benzene rings is 4. The molecule has 6 rings (SSSR count). The van der Waals surface area contributed by atoms with Gasteiger partial charge in [0, 0.05) is 35.8 Å². The maximum Gasteiger partial charge on any atom is 0.337 e. The summed E-state index contributed by atoms with van der Waals surface area (Å²) in [5.41, 5.74) is 1.92. The van der Waals surface area contributed by atoms with Crippen LogP contribution in [0.25, 0.3) is 26.3 Å². The van der Waals surface area contributed by atoms with E-state index in [4.69, 9.17) is 0 Å². The van der Waals surface area contributed by atoms with Crippen LogP contribution < -0.4 is 21.9 Å². The molecule has 0 unspecified atom stereocenters. The van der Waals surface area contributed by atoms with Crippen LogP contribution in [-0.2, 0) is 19.6 Å². The van der Waals surface area contributed by atoms with E-state index in [0.29, 0.717) is 46.8 Å². The summed E-state index contributed by atoms with van der Waals surface area (Å²) >= 11 is 1.22. The number of rotatable bonds is 10. The van der Waals surface area contributed by atoms with Gasteiger partial charge < -0.3 is 10.6 Å². The fourth-order valence-electron chi connectivity index (χ4n) is 5.70. The van der Waals surface area contributed by atoms with Crippen molar-refractivity contribution in [2.45, 2.75) is 26.6 Å². The quantitative estimate of drug-likeness (QED) is 0.156. The normalized spacial score (nSPS) is 11.0. The van der Waals surface area contributed by atoms with E-state index in [0.717, 1.165) is 32.7 Å². The molecule has 0 spiro atoms. The average Bonchev–Trinajstić information content (AvgIpc) is 3.44. The van der Waals surface area contributed by atoms with Gasteiger partial charge in [-0.15, -0.1) is 23.7 Å². The summed E-state index contributed by atoms with van der Waals surface area (Å²) in [7, 11) is 1.94. The number of nitrogens with zero attached hydrogens (tertiary/aromatic N) is 3. The topological polar surface area (TPSA) is 88.4 Å². The predicted octanol–water partition coefficient (Wildman–Crippen LogP) is 7.40. The maximum absolute atomic E-state index is 15.0. The van der Waals surface area contributed by atoms with Crippen LogP contribution >= 0.6 is 23.7 Å². The van der Waals surface area contributed by atoms with E-state index in [1.165, 1.54) is 22.0 Å². The second-order valence-electron chi connectivity index (χ2n) is 11.4. The molecule has 2 aromatic heterocycles. The molecule has 0 aliphatic rings. The minimum Gasteiger partial charge on any atom is -0.338 e. The van der Waals surface area contributed by atoms with Crippen molar-refractivity contribution in [3.63, 3.8) is 0 Å². The Hall–Kier alpha value is -5.10. The number of urea groups is 1. The van der Waals surface area contributed by atoms with Gasteiger partial charge in [0.15, 0.2) is 0 Å². The molecule has 2 N–H and O–H groups in total. The summed E-state index contributed by atoms with van der Waals surface area (Å²) in [6.07, 6.45) is 0. The highest BCUT2D eigenvalue weighted by Crippen LogP contribution is 2.38. The number of halogens is 3. The molecule has 0 atom stereocenters. The number of para-hydroxylation sites is 1. The molecule has 2 heterocycles. The molecular weight excluding hydrogens is 668 g/mol. The van der Waals surface area contributed by atoms with Crippen LogP contribution in [-0.4, -0.2) is 33.7 Å². The molecule has 2 amide bonds. The number of thiophene rings is 1. The van der Waals surface area contributed by atoms with Crippen LogP contribution in [0.4, 0.5) is 19.3 Å². The lowest BCUT2D eigenvalue weighted by molar-refractivity contribution is 0.252. The van der Waals surface area contributed by atoms with Gasteiger partial charge in [0.05, 0.1) is 17.6 Å². The van der Waals surface area contributed by atoms with Crippen LogP contribution in [0.3, 0.4) is 0 Å². The third kappa shape index (κ3) is 7.49. The van der Waals surface area contributed by atoms with Crippen molar-refractivity contribution in [3.8, 4) is 16.1 Å².